The summed E-state index contributed by atoms with van der Waals surface area (Å²) in [7, 11) is 0. The van der Waals surface area contributed by atoms with Gasteiger partial charge in [0.2, 0.25) is 0 Å². The van der Waals surface area contributed by atoms with E-state index in [1.807, 2.05) is 12.3 Å². The van der Waals surface area contributed by atoms with Crippen LogP contribution in [0.1, 0.15) is 17.5 Å². The minimum Gasteiger partial charge on any atom is -0.330 e. The predicted molar refractivity (Wildman–Crippen MR) is 51.7 cm³/mol. The summed E-state index contributed by atoms with van der Waals surface area (Å²) in [6, 6.07) is 2.00. The summed E-state index contributed by atoms with van der Waals surface area (Å²) in [5.74, 6) is 0. The second kappa shape index (κ2) is 4.67. The van der Waals surface area contributed by atoms with E-state index in [1.54, 1.807) is 6.20 Å². The van der Waals surface area contributed by atoms with Gasteiger partial charge in [-0.15, -0.1) is 0 Å². The minimum absolute atomic E-state index is 0.704. The largest absolute Gasteiger partial charge is 0.330 e. The van der Waals surface area contributed by atoms with Crippen LogP contribution in [0.5, 0.6) is 0 Å². The average Bonchev–Trinajstić information content (AvgIpc) is 2.09. The summed E-state index contributed by atoms with van der Waals surface area (Å²) in [5, 5.41) is 0. The molecule has 0 aliphatic heterocycles. The molecule has 12 heavy (non-hydrogen) atoms. The quantitative estimate of drug-likeness (QED) is 0.735. The monoisotopic (exact) mass is 162 g/mol. The fraction of sp³-hybridized carbons (Fsp3) is 0.300. The molecule has 0 amide bonds. The van der Waals surface area contributed by atoms with Crippen molar-refractivity contribution in [3.05, 3.63) is 35.7 Å². The van der Waals surface area contributed by atoms with Crippen LogP contribution in [0.2, 0.25) is 0 Å². The Kier molecular flexibility index (Phi) is 3.48. The highest BCUT2D eigenvalue weighted by Gasteiger charge is 1.90. The van der Waals surface area contributed by atoms with Gasteiger partial charge in [-0.2, -0.15) is 0 Å². The zero-order valence-electron chi connectivity index (χ0n) is 7.33. The lowest BCUT2D eigenvalue weighted by atomic mass is 10.1. The maximum Gasteiger partial charge on any atom is 0.0342 e. The van der Waals surface area contributed by atoms with Crippen molar-refractivity contribution in [2.24, 2.45) is 5.73 Å². The number of hydrogen-bond donors (Lipinski definition) is 1. The van der Waals surface area contributed by atoms with E-state index in [2.05, 4.69) is 24.1 Å². The Bertz CT molecular complexity index is 266. The molecule has 1 heterocycles. The van der Waals surface area contributed by atoms with Crippen molar-refractivity contribution >= 4 is 6.08 Å². The molecule has 0 fully saturated rings. The van der Waals surface area contributed by atoms with Crippen LogP contribution in [0.15, 0.2) is 24.5 Å². The van der Waals surface area contributed by atoms with Gasteiger partial charge >= 0.3 is 0 Å². The van der Waals surface area contributed by atoms with E-state index in [9.17, 15) is 0 Å². The molecule has 1 rings (SSSR count). The highest BCUT2D eigenvalue weighted by Crippen LogP contribution is 2.06. The maximum absolute atomic E-state index is 5.36. The predicted octanol–water partition coefficient (Wildman–Crippen LogP) is 1.75. The summed E-state index contributed by atoms with van der Waals surface area (Å²) >= 11 is 0. The molecule has 1 aromatic rings. The summed E-state index contributed by atoms with van der Waals surface area (Å²) in [4.78, 5) is 4.04. The Hall–Kier alpha value is -1.15. The molecule has 0 unspecified atom stereocenters. The smallest absolute Gasteiger partial charge is 0.0342 e. The molecule has 64 valence electrons. The third-order valence-corrected chi connectivity index (χ3v) is 1.71. The molecule has 0 aliphatic rings. The molecule has 2 nitrogen and oxygen atoms in total. The van der Waals surface area contributed by atoms with E-state index in [1.165, 1.54) is 11.1 Å². The number of nitrogens with zero attached hydrogens (tertiary/aromatic N) is 1. The fourth-order valence-corrected chi connectivity index (χ4v) is 0.957. The number of aromatic nitrogens is 1. The van der Waals surface area contributed by atoms with Gasteiger partial charge in [-0.3, -0.25) is 4.98 Å². The third kappa shape index (κ3) is 2.47. The van der Waals surface area contributed by atoms with Gasteiger partial charge in [0.15, 0.2) is 0 Å². The van der Waals surface area contributed by atoms with Gasteiger partial charge in [0.1, 0.15) is 0 Å². The van der Waals surface area contributed by atoms with Crippen molar-refractivity contribution in [2.75, 3.05) is 6.54 Å². The Balaban J connectivity index is 2.68. The van der Waals surface area contributed by atoms with Gasteiger partial charge in [0.05, 0.1) is 0 Å². The number of rotatable bonds is 3. The number of hydrogen-bond acceptors (Lipinski definition) is 2. The standard InChI is InChI=1S/C10H14N2/c1-9-5-7-12-8-10(9)4-2-3-6-11/h2,4-5,7-8H,3,6,11H2,1H3/b4-2+. The molecule has 0 aromatic carbocycles. The van der Waals surface area contributed by atoms with E-state index in [4.69, 9.17) is 5.73 Å². The Morgan fingerprint density at radius 1 is 1.58 bits per heavy atom. The van der Waals surface area contributed by atoms with E-state index >= 15 is 0 Å². The molecule has 0 aliphatic carbocycles. The summed E-state index contributed by atoms with van der Waals surface area (Å²) in [6.07, 6.45) is 8.73. The molecule has 0 saturated carbocycles. The van der Waals surface area contributed by atoms with Crippen LogP contribution in [-0.4, -0.2) is 11.5 Å². The van der Waals surface area contributed by atoms with Gasteiger partial charge in [-0.05, 0) is 37.1 Å². The summed E-state index contributed by atoms with van der Waals surface area (Å²) < 4.78 is 0. The van der Waals surface area contributed by atoms with E-state index in [-0.39, 0.29) is 0 Å². The first-order valence-electron chi connectivity index (χ1n) is 4.12. The molecule has 0 saturated heterocycles. The van der Waals surface area contributed by atoms with Crippen LogP contribution in [0.4, 0.5) is 0 Å². The topological polar surface area (TPSA) is 38.9 Å². The highest BCUT2D eigenvalue weighted by molar-refractivity contribution is 5.51. The zero-order valence-corrected chi connectivity index (χ0v) is 7.33. The van der Waals surface area contributed by atoms with Crippen LogP contribution in [0, 0.1) is 6.92 Å². The first kappa shape index (κ1) is 8.94. The average molecular weight is 162 g/mol. The first-order valence-corrected chi connectivity index (χ1v) is 4.12. The van der Waals surface area contributed by atoms with Gasteiger partial charge in [0.25, 0.3) is 0 Å². The zero-order chi connectivity index (χ0) is 8.81. The van der Waals surface area contributed by atoms with Crippen molar-refractivity contribution in [2.45, 2.75) is 13.3 Å². The molecule has 0 bridgehead atoms. The molecule has 0 atom stereocenters. The third-order valence-electron chi connectivity index (χ3n) is 1.71. The summed E-state index contributed by atoms with van der Waals surface area (Å²) in [6.45, 7) is 2.78. The van der Waals surface area contributed by atoms with Crippen LogP contribution in [0.25, 0.3) is 6.08 Å². The van der Waals surface area contributed by atoms with Crippen LogP contribution in [-0.2, 0) is 0 Å². The second-order valence-electron chi connectivity index (χ2n) is 2.71. The van der Waals surface area contributed by atoms with Crippen molar-refractivity contribution in [1.82, 2.24) is 4.98 Å². The van der Waals surface area contributed by atoms with Crippen molar-refractivity contribution in [3.8, 4) is 0 Å². The van der Waals surface area contributed by atoms with Gasteiger partial charge < -0.3 is 5.73 Å². The SMILES string of the molecule is Cc1ccncc1/C=C/CCN. The molecule has 2 N–H and O–H groups in total. The lowest BCUT2D eigenvalue weighted by Crippen LogP contribution is -1.95. The van der Waals surface area contributed by atoms with Crippen LogP contribution < -0.4 is 5.73 Å². The summed E-state index contributed by atoms with van der Waals surface area (Å²) in [5.41, 5.74) is 7.78. The Morgan fingerprint density at radius 2 is 2.42 bits per heavy atom. The maximum atomic E-state index is 5.36. The van der Waals surface area contributed by atoms with E-state index in [0.29, 0.717) is 6.54 Å². The van der Waals surface area contributed by atoms with Crippen LogP contribution >= 0.6 is 0 Å². The highest BCUT2D eigenvalue weighted by atomic mass is 14.6. The minimum atomic E-state index is 0.704. The van der Waals surface area contributed by atoms with Gasteiger partial charge in [-0.1, -0.05) is 12.2 Å². The van der Waals surface area contributed by atoms with Crippen molar-refractivity contribution < 1.29 is 0 Å². The van der Waals surface area contributed by atoms with Crippen LogP contribution in [0.3, 0.4) is 0 Å². The fourth-order valence-electron chi connectivity index (χ4n) is 0.957. The molecular weight excluding hydrogens is 148 g/mol. The molecular formula is C10H14N2. The van der Waals surface area contributed by atoms with Crippen molar-refractivity contribution in [1.29, 1.82) is 0 Å². The number of aryl methyl sites for hydroxylation is 1. The van der Waals surface area contributed by atoms with E-state index < -0.39 is 0 Å². The first-order chi connectivity index (χ1) is 5.84. The number of nitrogens with two attached hydrogens (primary N) is 1. The Labute approximate surface area is 73.1 Å². The molecule has 1 aromatic heterocycles. The van der Waals surface area contributed by atoms with Gasteiger partial charge in [0, 0.05) is 12.4 Å². The molecule has 2 heteroatoms. The Morgan fingerprint density at radius 3 is 3.08 bits per heavy atom. The van der Waals surface area contributed by atoms with E-state index in [0.717, 1.165) is 6.42 Å². The number of pyridine rings is 1. The molecule has 0 spiro atoms. The lowest BCUT2D eigenvalue weighted by molar-refractivity contribution is 1.01. The van der Waals surface area contributed by atoms with Gasteiger partial charge in [-0.25, -0.2) is 0 Å². The lowest BCUT2D eigenvalue weighted by Gasteiger charge is -1.96. The normalized spacial score (nSPS) is 10.8. The molecule has 0 radical (unpaired) electrons. The second-order valence-corrected chi connectivity index (χ2v) is 2.71. The van der Waals surface area contributed by atoms with Crippen molar-refractivity contribution in [3.63, 3.8) is 0 Å².